The van der Waals surface area contributed by atoms with Gasteiger partial charge in [0.05, 0.1) is 12.4 Å². The molecule has 8 nitrogen and oxygen atoms in total. The summed E-state index contributed by atoms with van der Waals surface area (Å²) >= 11 is 0. The Hall–Kier alpha value is -2.21. The average Bonchev–Trinajstić information content (AvgIpc) is 3.32. The highest BCUT2D eigenvalue weighted by Gasteiger charge is 2.43. The van der Waals surface area contributed by atoms with E-state index in [-0.39, 0.29) is 6.42 Å². The van der Waals surface area contributed by atoms with Crippen molar-refractivity contribution in [1.82, 2.24) is 19.5 Å². The van der Waals surface area contributed by atoms with Crippen LogP contribution >= 0.6 is 0 Å². The highest BCUT2D eigenvalue weighted by molar-refractivity contribution is 5.82. The zero-order chi connectivity index (χ0) is 17.4. The molecule has 4 atom stereocenters. The first-order valence-electron chi connectivity index (χ1n) is 8.58. The molecule has 25 heavy (non-hydrogen) atoms. The molecule has 4 rings (SSSR count). The van der Waals surface area contributed by atoms with Crippen LogP contribution in [0.1, 0.15) is 38.3 Å². The van der Waals surface area contributed by atoms with Crippen molar-refractivity contribution in [1.29, 1.82) is 0 Å². The zero-order valence-electron chi connectivity index (χ0n) is 13.7. The zero-order valence-corrected chi connectivity index (χ0v) is 13.7. The Kier molecular flexibility index (Phi) is 4.29. The SMILES string of the molecule is C#CCC1OC(n2cnc3c(NC4CCCC4)ncnc32)C(O)C1O. The molecule has 0 bridgehead atoms. The van der Waals surface area contributed by atoms with Crippen LogP contribution in [-0.2, 0) is 4.74 Å². The normalized spacial score (nSPS) is 30.0. The Morgan fingerprint density at radius 1 is 1.24 bits per heavy atom. The second kappa shape index (κ2) is 6.59. The molecule has 0 aromatic carbocycles. The van der Waals surface area contributed by atoms with E-state index in [0.717, 1.165) is 12.8 Å². The van der Waals surface area contributed by atoms with Crippen LogP contribution in [0.15, 0.2) is 12.7 Å². The van der Waals surface area contributed by atoms with Crippen molar-refractivity contribution in [3.63, 3.8) is 0 Å². The number of fused-ring (bicyclic) bond motifs is 1. The van der Waals surface area contributed by atoms with E-state index in [1.807, 2.05) is 0 Å². The number of nitrogens with zero attached hydrogens (tertiary/aromatic N) is 4. The molecule has 3 heterocycles. The van der Waals surface area contributed by atoms with Gasteiger partial charge in [-0.05, 0) is 12.8 Å². The van der Waals surface area contributed by atoms with E-state index in [1.165, 1.54) is 19.2 Å². The Bertz CT molecular complexity index is 795. The summed E-state index contributed by atoms with van der Waals surface area (Å²) in [6.07, 6.45) is 9.69. The third kappa shape index (κ3) is 2.84. The monoisotopic (exact) mass is 343 g/mol. The van der Waals surface area contributed by atoms with Gasteiger partial charge in [0, 0.05) is 12.5 Å². The van der Waals surface area contributed by atoms with Crippen LogP contribution in [0.25, 0.3) is 11.2 Å². The van der Waals surface area contributed by atoms with Crippen LogP contribution in [0.5, 0.6) is 0 Å². The molecule has 2 aliphatic rings. The summed E-state index contributed by atoms with van der Waals surface area (Å²) in [4.78, 5) is 13.0. The number of ether oxygens (including phenoxy) is 1. The third-order valence-electron chi connectivity index (χ3n) is 4.99. The van der Waals surface area contributed by atoms with Crippen LogP contribution in [0.2, 0.25) is 0 Å². The van der Waals surface area contributed by atoms with Gasteiger partial charge in [-0.15, -0.1) is 12.3 Å². The average molecular weight is 343 g/mol. The van der Waals surface area contributed by atoms with E-state index in [2.05, 4.69) is 26.2 Å². The van der Waals surface area contributed by atoms with Crippen LogP contribution in [0, 0.1) is 12.3 Å². The summed E-state index contributed by atoms with van der Waals surface area (Å²) in [5, 5.41) is 23.9. The van der Waals surface area contributed by atoms with Crippen molar-refractivity contribution in [3.8, 4) is 12.3 Å². The van der Waals surface area contributed by atoms with Crippen molar-refractivity contribution in [2.45, 2.75) is 62.7 Å². The fourth-order valence-electron chi connectivity index (χ4n) is 3.65. The van der Waals surface area contributed by atoms with Crippen molar-refractivity contribution >= 4 is 17.0 Å². The molecule has 0 radical (unpaired) electrons. The van der Waals surface area contributed by atoms with Crippen LogP contribution < -0.4 is 5.32 Å². The van der Waals surface area contributed by atoms with E-state index >= 15 is 0 Å². The Morgan fingerprint density at radius 2 is 2.04 bits per heavy atom. The van der Waals surface area contributed by atoms with Crippen molar-refractivity contribution < 1.29 is 14.9 Å². The minimum absolute atomic E-state index is 0.227. The molecule has 2 aromatic rings. The van der Waals surface area contributed by atoms with Gasteiger partial charge in [-0.2, -0.15) is 0 Å². The van der Waals surface area contributed by atoms with Gasteiger partial charge in [-0.3, -0.25) is 4.57 Å². The second-order valence-electron chi connectivity index (χ2n) is 6.63. The predicted molar refractivity (Wildman–Crippen MR) is 90.6 cm³/mol. The van der Waals surface area contributed by atoms with E-state index < -0.39 is 24.5 Å². The fraction of sp³-hybridized carbons (Fsp3) is 0.588. The number of hydrogen-bond donors (Lipinski definition) is 3. The smallest absolute Gasteiger partial charge is 0.167 e. The van der Waals surface area contributed by atoms with Crippen molar-refractivity contribution in [2.75, 3.05) is 5.32 Å². The van der Waals surface area contributed by atoms with Gasteiger partial charge >= 0.3 is 0 Å². The maximum absolute atomic E-state index is 10.3. The minimum atomic E-state index is -1.10. The standard InChI is InChI=1S/C17H21N5O3/c1-2-5-11-13(23)14(24)17(25-11)22-9-20-12-15(18-8-19-16(12)22)21-10-6-3-4-7-10/h1,8-11,13-14,17,23-24H,3-7H2,(H,18,19,21). The molecule has 1 saturated heterocycles. The van der Waals surface area contributed by atoms with E-state index in [4.69, 9.17) is 11.2 Å². The molecule has 1 aliphatic heterocycles. The molecular weight excluding hydrogens is 322 g/mol. The van der Waals surface area contributed by atoms with Crippen LogP contribution in [-0.4, -0.2) is 54.1 Å². The number of rotatable bonds is 4. The topological polar surface area (TPSA) is 105 Å². The van der Waals surface area contributed by atoms with E-state index in [0.29, 0.717) is 23.0 Å². The lowest BCUT2D eigenvalue weighted by Crippen LogP contribution is -2.31. The lowest BCUT2D eigenvalue weighted by molar-refractivity contribution is -0.0332. The van der Waals surface area contributed by atoms with Gasteiger partial charge in [-0.1, -0.05) is 12.8 Å². The van der Waals surface area contributed by atoms with Crippen molar-refractivity contribution in [2.24, 2.45) is 0 Å². The first kappa shape index (κ1) is 16.3. The Morgan fingerprint density at radius 3 is 2.80 bits per heavy atom. The van der Waals surface area contributed by atoms with Crippen LogP contribution in [0.4, 0.5) is 5.82 Å². The largest absolute Gasteiger partial charge is 0.387 e. The summed E-state index contributed by atoms with van der Waals surface area (Å²) in [7, 11) is 0. The number of hydrogen-bond acceptors (Lipinski definition) is 7. The molecule has 0 amide bonds. The summed E-state index contributed by atoms with van der Waals surface area (Å²) in [6, 6.07) is 0.401. The van der Waals surface area contributed by atoms with E-state index in [9.17, 15) is 10.2 Å². The number of nitrogens with one attached hydrogen (secondary N) is 1. The van der Waals surface area contributed by atoms with Gasteiger partial charge in [0.15, 0.2) is 23.2 Å². The van der Waals surface area contributed by atoms with Gasteiger partial charge < -0.3 is 20.3 Å². The number of aromatic nitrogens is 4. The molecule has 8 heteroatoms. The minimum Gasteiger partial charge on any atom is -0.387 e. The maximum Gasteiger partial charge on any atom is 0.167 e. The second-order valence-corrected chi connectivity index (χ2v) is 6.63. The lowest BCUT2D eigenvalue weighted by Gasteiger charge is -2.17. The summed E-state index contributed by atoms with van der Waals surface area (Å²) < 4.78 is 7.38. The molecule has 1 saturated carbocycles. The maximum atomic E-state index is 10.3. The number of aliphatic hydroxyl groups excluding tert-OH is 2. The summed E-state index contributed by atoms with van der Waals surface area (Å²) in [6.45, 7) is 0. The predicted octanol–water partition coefficient (Wildman–Crippen LogP) is 0.823. The van der Waals surface area contributed by atoms with Gasteiger partial charge in [0.2, 0.25) is 0 Å². The molecule has 132 valence electrons. The third-order valence-corrected chi connectivity index (χ3v) is 4.99. The highest BCUT2D eigenvalue weighted by atomic mass is 16.6. The van der Waals surface area contributed by atoms with Crippen molar-refractivity contribution in [3.05, 3.63) is 12.7 Å². The molecule has 1 aliphatic carbocycles. The molecular formula is C17H21N5O3. The summed E-state index contributed by atoms with van der Waals surface area (Å²) in [5.41, 5.74) is 1.17. The van der Waals surface area contributed by atoms with Gasteiger partial charge in [0.25, 0.3) is 0 Å². The Labute approximate surface area is 145 Å². The first-order valence-corrected chi connectivity index (χ1v) is 8.58. The summed E-state index contributed by atoms with van der Waals surface area (Å²) in [5.74, 6) is 3.14. The quantitative estimate of drug-likeness (QED) is 0.706. The number of aliphatic hydroxyl groups is 2. The van der Waals surface area contributed by atoms with Gasteiger partial charge in [-0.25, -0.2) is 15.0 Å². The highest BCUT2D eigenvalue weighted by Crippen LogP contribution is 2.33. The molecule has 3 N–H and O–H groups in total. The Balaban J connectivity index is 1.64. The molecule has 4 unspecified atom stereocenters. The number of imidazole rings is 1. The first-order chi connectivity index (χ1) is 12.2. The molecule has 2 aromatic heterocycles. The number of anilines is 1. The molecule has 0 spiro atoms. The van der Waals surface area contributed by atoms with Gasteiger partial charge in [0.1, 0.15) is 18.5 Å². The van der Waals surface area contributed by atoms with E-state index in [1.54, 1.807) is 10.9 Å². The fourth-order valence-corrected chi connectivity index (χ4v) is 3.65. The van der Waals surface area contributed by atoms with Crippen LogP contribution in [0.3, 0.4) is 0 Å². The number of terminal acetylenes is 1. The molecule has 2 fully saturated rings. The lowest BCUT2D eigenvalue weighted by atomic mass is 10.1.